The van der Waals surface area contributed by atoms with E-state index in [1.807, 2.05) is 30.3 Å². The Balaban J connectivity index is 2.30. The van der Waals surface area contributed by atoms with Crippen LogP contribution in [0.4, 0.5) is 0 Å². The topological polar surface area (TPSA) is 66.8 Å². The number of hydrogen-bond acceptors (Lipinski definition) is 3. The van der Waals surface area contributed by atoms with Gasteiger partial charge in [0.2, 0.25) is 5.91 Å². The lowest BCUT2D eigenvalue weighted by molar-refractivity contribution is -0.193. The lowest BCUT2D eigenvalue weighted by atomic mass is 10.1. The van der Waals surface area contributed by atoms with Gasteiger partial charge >= 0.3 is 5.97 Å². The van der Waals surface area contributed by atoms with Crippen LogP contribution in [0.1, 0.15) is 63.4 Å². The first-order valence-corrected chi connectivity index (χ1v) is 10.5. The average molecular weight is 428 g/mol. The fourth-order valence-electron chi connectivity index (χ4n) is 2.56. The number of unbranched alkanes of at least 4 members (excludes halogenated alkanes) is 6. The van der Waals surface area contributed by atoms with Gasteiger partial charge in [0.15, 0.2) is 0 Å². The Morgan fingerprint density at radius 1 is 0.923 bits per heavy atom. The third kappa shape index (κ3) is 11.3. The predicted molar refractivity (Wildman–Crippen MR) is 106 cm³/mol. The molecule has 0 saturated carbocycles. The summed E-state index contributed by atoms with van der Waals surface area (Å²) in [5, 5.41) is 11.2. The summed E-state index contributed by atoms with van der Waals surface area (Å²) in [5.74, 6) is -1.07. The van der Waals surface area contributed by atoms with Crippen LogP contribution in [-0.4, -0.2) is 33.9 Å². The van der Waals surface area contributed by atoms with Gasteiger partial charge < -0.3 is 5.11 Å². The largest absolute Gasteiger partial charge is 0.481 e. The Labute approximate surface area is 164 Å². The number of carboxylic acid groups (broad SMARTS) is 1. The van der Waals surface area contributed by atoms with Crippen LogP contribution < -0.4 is 0 Å². The summed E-state index contributed by atoms with van der Waals surface area (Å²) in [7, 11) is 0. The molecule has 1 N–H and O–H groups in total. The maximum Gasteiger partial charge on any atom is 0.305 e. The Kier molecular flexibility index (Phi) is 12.8. The molecule has 0 atom stereocenters. The van der Waals surface area contributed by atoms with Crippen LogP contribution in [0.5, 0.6) is 0 Å². The highest BCUT2D eigenvalue weighted by atomic mass is 79.9. The Hall–Kier alpha value is -1.40. The second-order valence-electron chi connectivity index (χ2n) is 6.31. The number of benzene rings is 1. The van der Waals surface area contributed by atoms with Crippen molar-refractivity contribution in [1.29, 1.82) is 0 Å². The molecular weight excluding hydrogens is 398 g/mol. The molecular formula is C20H30BrNO4. The Morgan fingerprint density at radius 3 is 2.15 bits per heavy atom. The first-order valence-electron chi connectivity index (χ1n) is 9.38. The van der Waals surface area contributed by atoms with Gasteiger partial charge in [-0.25, -0.2) is 5.06 Å². The molecule has 0 spiro atoms. The molecule has 146 valence electrons. The number of hydrogen-bond donors (Lipinski definition) is 1. The number of hydroxylamine groups is 2. The normalized spacial score (nSPS) is 10.7. The van der Waals surface area contributed by atoms with Gasteiger partial charge in [-0.15, -0.1) is 0 Å². The van der Waals surface area contributed by atoms with Gasteiger partial charge in [0.05, 0.1) is 13.0 Å². The molecule has 1 aromatic rings. The average Bonchev–Trinajstić information content (AvgIpc) is 2.64. The third-order valence-corrected chi connectivity index (χ3v) is 4.62. The molecule has 1 amide bonds. The second kappa shape index (κ2) is 14.7. The van der Waals surface area contributed by atoms with Crippen molar-refractivity contribution in [2.75, 3.05) is 11.9 Å². The van der Waals surface area contributed by atoms with Gasteiger partial charge in [-0.1, -0.05) is 78.4 Å². The van der Waals surface area contributed by atoms with E-state index in [4.69, 9.17) is 9.94 Å². The molecule has 26 heavy (non-hydrogen) atoms. The minimum atomic E-state index is -0.936. The van der Waals surface area contributed by atoms with Gasteiger partial charge in [-0.05, 0) is 18.4 Å². The first kappa shape index (κ1) is 22.6. The van der Waals surface area contributed by atoms with Gasteiger partial charge in [0.1, 0.15) is 6.61 Å². The molecule has 6 heteroatoms. The number of nitrogens with zero attached hydrogens (tertiary/aromatic N) is 1. The highest BCUT2D eigenvalue weighted by Gasteiger charge is 2.15. The fourth-order valence-corrected chi connectivity index (χ4v) is 2.96. The van der Waals surface area contributed by atoms with Crippen LogP contribution in [0, 0.1) is 0 Å². The minimum Gasteiger partial charge on any atom is -0.481 e. The van der Waals surface area contributed by atoms with Gasteiger partial charge in [0.25, 0.3) is 0 Å². The van der Waals surface area contributed by atoms with Crippen LogP contribution in [0.25, 0.3) is 0 Å². The van der Waals surface area contributed by atoms with E-state index in [2.05, 4.69) is 15.9 Å². The highest BCUT2D eigenvalue weighted by Crippen LogP contribution is 2.11. The van der Waals surface area contributed by atoms with Crippen LogP contribution in [0.15, 0.2) is 30.3 Å². The second-order valence-corrected chi connectivity index (χ2v) is 7.11. The molecule has 1 aromatic carbocycles. The van der Waals surface area contributed by atoms with E-state index in [-0.39, 0.29) is 25.5 Å². The van der Waals surface area contributed by atoms with Crippen LogP contribution >= 0.6 is 15.9 Å². The smallest absolute Gasteiger partial charge is 0.305 e. The fraction of sp³-hybridized carbons (Fsp3) is 0.600. The van der Waals surface area contributed by atoms with Crippen molar-refractivity contribution in [1.82, 2.24) is 5.06 Å². The van der Waals surface area contributed by atoms with E-state index in [1.165, 1.54) is 30.7 Å². The van der Waals surface area contributed by atoms with Crippen molar-refractivity contribution in [2.45, 2.75) is 64.4 Å². The SMILES string of the molecule is O=C(O)CCN(OCc1ccccc1)C(=O)CCCCCCCCCBr. The standard InChI is InChI=1S/C20H30BrNO4/c21-15-10-5-3-1-2-4-9-13-19(23)22(16-14-20(24)25)26-17-18-11-7-6-8-12-18/h6-8,11-12H,1-5,9-10,13-17H2,(H,24,25). The Bertz CT molecular complexity index is 510. The van der Waals surface area contributed by atoms with Crippen molar-refractivity contribution in [3.63, 3.8) is 0 Å². The van der Waals surface area contributed by atoms with Crippen molar-refractivity contribution in [3.05, 3.63) is 35.9 Å². The summed E-state index contributed by atoms with van der Waals surface area (Å²) >= 11 is 3.43. The molecule has 0 fully saturated rings. The molecule has 0 aromatic heterocycles. The van der Waals surface area contributed by atoms with Crippen molar-refractivity contribution >= 4 is 27.8 Å². The molecule has 0 aliphatic carbocycles. The van der Waals surface area contributed by atoms with Crippen molar-refractivity contribution < 1.29 is 19.5 Å². The van der Waals surface area contributed by atoms with Crippen LogP contribution in [0.2, 0.25) is 0 Å². The van der Waals surface area contributed by atoms with Gasteiger partial charge in [-0.3, -0.25) is 14.4 Å². The lowest BCUT2D eigenvalue weighted by Gasteiger charge is -2.21. The lowest BCUT2D eigenvalue weighted by Crippen LogP contribution is -2.33. The predicted octanol–water partition coefficient (Wildman–Crippen LogP) is 4.94. The maximum absolute atomic E-state index is 12.4. The zero-order valence-corrected chi connectivity index (χ0v) is 17.0. The Morgan fingerprint density at radius 2 is 1.54 bits per heavy atom. The van der Waals surface area contributed by atoms with E-state index in [0.717, 1.165) is 30.2 Å². The molecule has 5 nitrogen and oxygen atoms in total. The number of carbonyl (C=O) groups is 2. The zero-order chi connectivity index (χ0) is 19.0. The molecule has 0 unspecified atom stereocenters. The first-order chi connectivity index (χ1) is 12.6. The molecule has 0 heterocycles. The van der Waals surface area contributed by atoms with E-state index >= 15 is 0 Å². The molecule has 0 bridgehead atoms. The summed E-state index contributed by atoms with van der Waals surface area (Å²) in [6, 6.07) is 9.54. The van der Waals surface area contributed by atoms with Crippen LogP contribution in [-0.2, 0) is 21.0 Å². The number of amides is 1. The molecule has 1 rings (SSSR count). The zero-order valence-electron chi connectivity index (χ0n) is 15.4. The number of carbonyl (C=O) groups excluding carboxylic acids is 1. The molecule has 0 saturated heterocycles. The van der Waals surface area contributed by atoms with E-state index in [0.29, 0.717) is 6.42 Å². The number of aliphatic carboxylic acids is 1. The summed E-state index contributed by atoms with van der Waals surface area (Å²) in [6.45, 7) is 0.341. The molecule has 0 aliphatic rings. The van der Waals surface area contributed by atoms with E-state index in [9.17, 15) is 9.59 Å². The number of alkyl halides is 1. The number of halogens is 1. The van der Waals surface area contributed by atoms with E-state index in [1.54, 1.807) is 0 Å². The van der Waals surface area contributed by atoms with Crippen molar-refractivity contribution in [2.24, 2.45) is 0 Å². The monoisotopic (exact) mass is 427 g/mol. The van der Waals surface area contributed by atoms with Gasteiger partial charge in [-0.2, -0.15) is 0 Å². The summed E-state index contributed by atoms with van der Waals surface area (Å²) in [4.78, 5) is 28.7. The number of carboxylic acids is 1. The minimum absolute atomic E-state index is 0.0769. The van der Waals surface area contributed by atoms with Crippen LogP contribution in [0.3, 0.4) is 0 Å². The van der Waals surface area contributed by atoms with E-state index < -0.39 is 5.97 Å². The van der Waals surface area contributed by atoms with Gasteiger partial charge in [0, 0.05) is 11.8 Å². The quantitative estimate of drug-likeness (QED) is 0.244. The summed E-state index contributed by atoms with van der Waals surface area (Å²) in [6.07, 6.45) is 8.16. The molecule has 0 aliphatic heterocycles. The van der Waals surface area contributed by atoms with Crippen molar-refractivity contribution in [3.8, 4) is 0 Å². The summed E-state index contributed by atoms with van der Waals surface area (Å²) in [5.41, 5.74) is 0.948. The maximum atomic E-state index is 12.4. The summed E-state index contributed by atoms with van der Waals surface area (Å²) < 4.78 is 0. The highest BCUT2D eigenvalue weighted by molar-refractivity contribution is 9.09. The number of rotatable bonds is 15. The molecule has 0 radical (unpaired) electrons. The third-order valence-electron chi connectivity index (χ3n) is 4.06.